The largest absolute Gasteiger partial charge is 0.497 e. The van der Waals surface area contributed by atoms with Gasteiger partial charge in [-0.05, 0) is 65.4 Å². The predicted octanol–water partition coefficient (Wildman–Crippen LogP) is 4.74. The summed E-state index contributed by atoms with van der Waals surface area (Å²) in [5.41, 5.74) is 4.72. The highest BCUT2D eigenvalue weighted by Crippen LogP contribution is 2.24. The van der Waals surface area contributed by atoms with Crippen LogP contribution in [0.15, 0.2) is 67.1 Å². The molecule has 0 spiro atoms. The Kier molecular flexibility index (Phi) is 5.37. The van der Waals surface area contributed by atoms with E-state index in [0.717, 1.165) is 35.6 Å². The number of benzene rings is 2. The number of hydrogen-bond donors (Lipinski definition) is 3. The van der Waals surface area contributed by atoms with E-state index in [1.165, 1.54) is 21.9 Å². The van der Waals surface area contributed by atoms with E-state index >= 15 is 0 Å². The van der Waals surface area contributed by atoms with Crippen LogP contribution in [0.4, 0.5) is 11.8 Å². The van der Waals surface area contributed by atoms with Crippen LogP contribution in [-0.4, -0.2) is 40.6 Å². The highest BCUT2D eigenvalue weighted by molar-refractivity contribution is 5.84. The zero-order valence-corrected chi connectivity index (χ0v) is 18.2. The van der Waals surface area contributed by atoms with E-state index in [4.69, 9.17) is 9.72 Å². The molecule has 3 heterocycles. The van der Waals surface area contributed by atoms with Crippen LogP contribution >= 0.6 is 0 Å². The van der Waals surface area contributed by atoms with E-state index in [2.05, 4.69) is 61.7 Å². The number of rotatable bonds is 8. The van der Waals surface area contributed by atoms with Crippen molar-refractivity contribution in [3.8, 4) is 5.75 Å². The topological polar surface area (TPSA) is 81.9 Å². The molecule has 0 amide bonds. The average Bonchev–Trinajstić information content (AvgIpc) is 3.47. The molecule has 0 atom stereocenters. The van der Waals surface area contributed by atoms with Crippen molar-refractivity contribution in [3.05, 3.63) is 78.2 Å². The SMILES string of the molecule is COc1ccc2[nH]cc(CCN(C)c3nccc(NCc4ccc5[nH]ccc5c4)n3)c2c1. The lowest BCUT2D eigenvalue weighted by atomic mass is 10.1. The Hall–Kier alpha value is -4.00. The minimum atomic E-state index is 0.702. The number of nitrogens with one attached hydrogen (secondary N) is 3. The first-order chi connectivity index (χ1) is 15.7. The van der Waals surface area contributed by atoms with Gasteiger partial charge in [0, 0.05) is 55.1 Å². The lowest BCUT2D eigenvalue weighted by Crippen LogP contribution is -2.22. The van der Waals surface area contributed by atoms with Crippen LogP contribution < -0.4 is 15.0 Å². The zero-order valence-electron chi connectivity index (χ0n) is 18.2. The Morgan fingerprint density at radius 3 is 2.84 bits per heavy atom. The van der Waals surface area contributed by atoms with Gasteiger partial charge in [-0.3, -0.25) is 0 Å². The van der Waals surface area contributed by atoms with Gasteiger partial charge in [-0.1, -0.05) is 6.07 Å². The summed E-state index contributed by atoms with van der Waals surface area (Å²) in [6.07, 6.45) is 6.70. The van der Waals surface area contributed by atoms with Crippen LogP contribution in [0.3, 0.4) is 0 Å². The van der Waals surface area contributed by atoms with Gasteiger partial charge in [0.2, 0.25) is 5.95 Å². The Morgan fingerprint density at radius 1 is 1.03 bits per heavy atom. The van der Waals surface area contributed by atoms with Crippen LogP contribution in [0.2, 0.25) is 0 Å². The fourth-order valence-corrected chi connectivity index (χ4v) is 3.92. The standard InChI is InChI=1S/C25H26N6O/c1-31(12-9-19-16-28-23-6-4-20(32-2)14-21(19)23)25-27-11-8-24(30-25)29-15-17-3-5-22-18(13-17)7-10-26-22/h3-8,10-11,13-14,16,26,28H,9,12,15H2,1-2H3,(H,27,29,30). The zero-order chi connectivity index (χ0) is 21.9. The second-order valence-corrected chi connectivity index (χ2v) is 7.89. The van der Waals surface area contributed by atoms with Gasteiger partial charge in [-0.2, -0.15) is 4.98 Å². The number of likely N-dealkylation sites (N-methyl/N-ethyl adjacent to an activating group) is 1. The summed E-state index contributed by atoms with van der Waals surface area (Å²) >= 11 is 0. The first-order valence-corrected chi connectivity index (χ1v) is 10.7. The number of aromatic amines is 2. The van der Waals surface area contributed by atoms with Gasteiger partial charge in [0.15, 0.2) is 0 Å². The maximum atomic E-state index is 5.37. The van der Waals surface area contributed by atoms with Crippen LogP contribution in [0.25, 0.3) is 21.8 Å². The number of ether oxygens (including phenoxy) is 1. The molecule has 0 aliphatic heterocycles. The molecule has 7 nitrogen and oxygen atoms in total. The van der Waals surface area contributed by atoms with Crippen molar-refractivity contribution in [1.82, 2.24) is 19.9 Å². The number of hydrogen-bond acceptors (Lipinski definition) is 5. The molecule has 0 unspecified atom stereocenters. The Bertz CT molecular complexity index is 1360. The Morgan fingerprint density at radius 2 is 1.94 bits per heavy atom. The number of methoxy groups -OCH3 is 1. The smallest absolute Gasteiger partial charge is 0.226 e. The highest BCUT2D eigenvalue weighted by Gasteiger charge is 2.10. The lowest BCUT2D eigenvalue weighted by Gasteiger charge is -2.17. The molecule has 2 aromatic carbocycles. The molecule has 0 fully saturated rings. The maximum Gasteiger partial charge on any atom is 0.226 e. The lowest BCUT2D eigenvalue weighted by molar-refractivity contribution is 0.415. The molecule has 0 aliphatic rings. The minimum absolute atomic E-state index is 0.702. The van der Waals surface area contributed by atoms with Crippen LogP contribution in [0, 0.1) is 0 Å². The van der Waals surface area contributed by atoms with Crippen molar-refractivity contribution in [2.75, 3.05) is 30.9 Å². The Balaban J connectivity index is 1.23. The van der Waals surface area contributed by atoms with E-state index in [0.29, 0.717) is 12.5 Å². The molecular formula is C25H26N6O. The van der Waals surface area contributed by atoms with Gasteiger partial charge in [0.05, 0.1) is 7.11 Å². The molecule has 32 heavy (non-hydrogen) atoms. The fourth-order valence-electron chi connectivity index (χ4n) is 3.92. The molecule has 0 aliphatic carbocycles. The molecule has 5 aromatic rings. The summed E-state index contributed by atoms with van der Waals surface area (Å²) < 4.78 is 5.37. The minimum Gasteiger partial charge on any atom is -0.497 e. The van der Waals surface area contributed by atoms with Gasteiger partial charge < -0.3 is 24.9 Å². The monoisotopic (exact) mass is 426 g/mol. The third kappa shape index (κ3) is 4.09. The van der Waals surface area contributed by atoms with Crippen molar-refractivity contribution in [2.24, 2.45) is 0 Å². The van der Waals surface area contributed by atoms with E-state index in [9.17, 15) is 0 Å². The number of H-pyrrole nitrogens is 2. The fraction of sp³-hybridized carbons (Fsp3) is 0.200. The molecule has 3 aromatic heterocycles. The first kappa shape index (κ1) is 19.9. The molecule has 5 rings (SSSR count). The summed E-state index contributed by atoms with van der Waals surface area (Å²) in [6.45, 7) is 1.51. The van der Waals surface area contributed by atoms with Crippen LogP contribution in [0.1, 0.15) is 11.1 Å². The molecule has 0 saturated carbocycles. The van der Waals surface area contributed by atoms with E-state index in [-0.39, 0.29) is 0 Å². The number of anilines is 2. The first-order valence-electron chi connectivity index (χ1n) is 10.7. The number of nitrogens with zero attached hydrogens (tertiary/aromatic N) is 3. The molecule has 7 heteroatoms. The predicted molar refractivity (Wildman–Crippen MR) is 129 cm³/mol. The summed E-state index contributed by atoms with van der Waals surface area (Å²) in [5, 5.41) is 5.81. The van der Waals surface area contributed by atoms with Gasteiger partial charge in [0.25, 0.3) is 0 Å². The molecule has 0 radical (unpaired) electrons. The van der Waals surface area contributed by atoms with Crippen molar-refractivity contribution in [3.63, 3.8) is 0 Å². The molecule has 0 bridgehead atoms. The van der Waals surface area contributed by atoms with E-state index in [1.807, 2.05) is 31.4 Å². The summed E-state index contributed by atoms with van der Waals surface area (Å²) in [6, 6.07) is 16.5. The third-order valence-electron chi connectivity index (χ3n) is 5.77. The second kappa shape index (κ2) is 8.63. The molecule has 3 N–H and O–H groups in total. The normalized spacial score (nSPS) is 11.2. The highest BCUT2D eigenvalue weighted by atomic mass is 16.5. The van der Waals surface area contributed by atoms with E-state index in [1.54, 1.807) is 13.3 Å². The molecular weight excluding hydrogens is 400 g/mol. The second-order valence-electron chi connectivity index (χ2n) is 7.89. The summed E-state index contributed by atoms with van der Waals surface area (Å²) in [7, 11) is 3.71. The quantitative estimate of drug-likeness (QED) is 0.334. The van der Waals surface area contributed by atoms with Crippen molar-refractivity contribution in [2.45, 2.75) is 13.0 Å². The van der Waals surface area contributed by atoms with Gasteiger partial charge in [-0.25, -0.2) is 4.98 Å². The van der Waals surface area contributed by atoms with Crippen LogP contribution in [0.5, 0.6) is 5.75 Å². The Labute approximate surface area is 186 Å². The van der Waals surface area contributed by atoms with Gasteiger partial charge in [-0.15, -0.1) is 0 Å². The molecule has 162 valence electrons. The van der Waals surface area contributed by atoms with Gasteiger partial charge >= 0.3 is 0 Å². The van der Waals surface area contributed by atoms with Crippen LogP contribution in [-0.2, 0) is 13.0 Å². The van der Waals surface area contributed by atoms with Gasteiger partial charge in [0.1, 0.15) is 11.6 Å². The van der Waals surface area contributed by atoms with Crippen molar-refractivity contribution < 1.29 is 4.74 Å². The third-order valence-corrected chi connectivity index (χ3v) is 5.77. The van der Waals surface area contributed by atoms with E-state index < -0.39 is 0 Å². The van der Waals surface area contributed by atoms with Crippen molar-refractivity contribution >= 4 is 33.6 Å². The number of fused-ring (bicyclic) bond motifs is 2. The number of aromatic nitrogens is 4. The molecule has 0 saturated heterocycles. The summed E-state index contributed by atoms with van der Waals surface area (Å²) in [4.78, 5) is 17.8. The van der Waals surface area contributed by atoms with Crippen molar-refractivity contribution in [1.29, 1.82) is 0 Å². The average molecular weight is 427 g/mol. The maximum absolute atomic E-state index is 5.37. The summed E-state index contributed by atoms with van der Waals surface area (Å²) in [5.74, 6) is 2.38.